The van der Waals surface area contributed by atoms with E-state index in [-0.39, 0.29) is 0 Å². The lowest BCUT2D eigenvalue weighted by atomic mass is 9.92. The van der Waals surface area contributed by atoms with Gasteiger partial charge in [0.1, 0.15) is 0 Å². The second-order valence-corrected chi connectivity index (χ2v) is 6.17. The first-order valence-electron chi connectivity index (χ1n) is 6.63. The molecule has 0 aromatic heterocycles. The van der Waals surface area contributed by atoms with Gasteiger partial charge < -0.3 is 0 Å². The topological polar surface area (TPSA) is 113 Å². The van der Waals surface area contributed by atoms with Gasteiger partial charge in [0.2, 0.25) is 0 Å². The molecule has 6 heteroatoms. The van der Waals surface area contributed by atoms with Gasteiger partial charge >= 0.3 is 0 Å². The standard InChI is InChI=1S/C14H24N4.H2O2/c1-11(2)7-13(5,9-15)17-18-14(6,10-16)8-12(3)4;1-2/h11-12H,7-8H2,1-6H3;1-2H. The predicted octanol–water partition coefficient (Wildman–Crippen LogP) is 4.11. The summed E-state index contributed by atoms with van der Waals surface area (Å²) in [7, 11) is 0. The monoisotopic (exact) mass is 282 g/mol. The molecule has 0 saturated carbocycles. The quantitative estimate of drug-likeness (QED) is 0.433. The minimum Gasteiger partial charge on any atom is -0.255 e. The molecule has 0 aliphatic carbocycles. The summed E-state index contributed by atoms with van der Waals surface area (Å²) in [6.45, 7) is 11.7. The fourth-order valence-corrected chi connectivity index (χ4v) is 2.03. The molecule has 2 atom stereocenters. The van der Waals surface area contributed by atoms with Crippen LogP contribution in [0.15, 0.2) is 10.2 Å². The number of hydrogen-bond acceptors (Lipinski definition) is 6. The molecule has 2 N–H and O–H groups in total. The van der Waals surface area contributed by atoms with Crippen molar-refractivity contribution in [1.29, 1.82) is 10.5 Å². The smallest absolute Gasteiger partial charge is 0.165 e. The molecule has 114 valence electrons. The zero-order chi connectivity index (χ0) is 16.4. The number of hydrogen-bond donors (Lipinski definition) is 2. The molecular formula is C14H26N4O2. The maximum Gasteiger partial charge on any atom is 0.165 e. The van der Waals surface area contributed by atoms with Gasteiger partial charge in [-0.1, -0.05) is 27.7 Å². The van der Waals surface area contributed by atoms with E-state index in [0.29, 0.717) is 24.7 Å². The molecule has 0 aliphatic heterocycles. The first-order chi connectivity index (χ1) is 9.16. The molecule has 20 heavy (non-hydrogen) atoms. The van der Waals surface area contributed by atoms with E-state index in [1.165, 1.54) is 0 Å². The van der Waals surface area contributed by atoms with Crippen LogP contribution >= 0.6 is 0 Å². The molecule has 0 rings (SSSR count). The van der Waals surface area contributed by atoms with Crippen LogP contribution in [0, 0.1) is 34.5 Å². The first-order valence-corrected chi connectivity index (χ1v) is 6.63. The van der Waals surface area contributed by atoms with Gasteiger partial charge in [0.25, 0.3) is 0 Å². The van der Waals surface area contributed by atoms with Crippen molar-refractivity contribution in [2.75, 3.05) is 0 Å². The molecule has 0 amide bonds. The summed E-state index contributed by atoms with van der Waals surface area (Å²) in [5.74, 6) is 0.735. The van der Waals surface area contributed by atoms with E-state index in [1.807, 2.05) is 27.7 Å². The fourth-order valence-electron chi connectivity index (χ4n) is 2.03. The van der Waals surface area contributed by atoms with E-state index >= 15 is 0 Å². The van der Waals surface area contributed by atoms with E-state index in [2.05, 4.69) is 22.4 Å². The highest BCUT2D eigenvalue weighted by molar-refractivity contribution is 5.07. The number of azo groups is 1. The molecule has 0 aliphatic rings. The molecule has 0 bridgehead atoms. The average Bonchev–Trinajstić information content (AvgIpc) is 2.37. The van der Waals surface area contributed by atoms with Crippen molar-refractivity contribution < 1.29 is 10.5 Å². The maximum absolute atomic E-state index is 9.20. The Morgan fingerprint density at radius 1 is 0.850 bits per heavy atom. The van der Waals surface area contributed by atoms with Crippen molar-refractivity contribution in [2.45, 2.75) is 65.5 Å². The van der Waals surface area contributed by atoms with Crippen LogP contribution in [-0.2, 0) is 0 Å². The highest BCUT2D eigenvalue weighted by Crippen LogP contribution is 2.25. The minimum absolute atomic E-state index is 0.368. The van der Waals surface area contributed by atoms with Gasteiger partial charge in [0, 0.05) is 0 Å². The molecule has 0 aromatic carbocycles. The Morgan fingerprint density at radius 2 is 1.10 bits per heavy atom. The van der Waals surface area contributed by atoms with Crippen molar-refractivity contribution in [1.82, 2.24) is 0 Å². The van der Waals surface area contributed by atoms with Gasteiger partial charge in [-0.25, -0.2) is 0 Å². The van der Waals surface area contributed by atoms with Crippen molar-refractivity contribution in [3.8, 4) is 12.1 Å². The highest BCUT2D eigenvalue weighted by Gasteiger charge is 2.29. The van der Waals surface area contributed by atoms with Crippen LogP contribution in [0.25, 0.3) is 0 Å². The molecule has 0 spiro atoms. The van der Waals surface area contributed by atoms with Crippen molar-refractivity contribution >= 4 is 0 Å². The molecule has 0 saturated heterocycles. The normalized spacial score (nSPS) is 16.8. The Balaban J connectivity index is 0. The maximum atomic E-state index is 9.20. The summed E-state index contributed by atoms with van der Waals surface area (Å²) in [5, 5.41) is 38.7. The largest absolute Gasteiger partial charge is 0.255 e. The molecule has 2 unspecified atom stereocenters. The van der Waals surface area contributed by atoms with Crippen LogP contribution in [0.4, 0.5) is 0 Å². The Morgan fingerprint density at radius 3 is 1.25 bits per heavy atom. The Kier molecular flexibility index (Phi) is 9.79. The number of nitriles is 2. The third-order valence-electron chi connectivity index (χ3n) is 2.58. The Bertz CT molecular complexity index is 346. The van der Waals surface area contributed by atoms with Crippen LogP contribution in [0.5, 0.6) is 0 Å². The summed E-state index contributed by atoms with van der Waals surface area (Å²) in [6.07, 6.45) is 1.30. The molecule has 0 radical (unpaired) electrons. The van der Waals surface area contributed by atoms with Crippen LogP contribution in [0.2, 0.25) is 0 Å². The molecule has 0 fully saturated rings. The van der Waals surface area contributed by atoms with Crippen LogP contribution in [0.1, 0.15) is 54.4 Å². The van der Waals surface area contributed by atoms with Gasteiger partial charge in [-0.3, -0.25) is 10.5 Å². The SMILES string of the molecule is CC(C)CC(C)(C#N)N=NC(C)(C#N)CC(C)C.OO. The second-order valence-electron chi connectivity index (χ2n) is 6.17. The van der Waals surface area contributed by atoms with Crippen molar-refractivity contribution in [3.05, 3.63) is 0 Å². The van der Waals surface area contributed by atoms with Gasteiger partial charge in [-0.05, 0) is 38.5 Å². The zero-order valence-electron chi connectivity index (χ0n) is 13.3. The third-order valence-corrected chi connectivity index (χ3v) is 2.58. The second kappa shape index (κ2) is 9.41. The number of nitrogens with zero attached hydrogens (tertiary/aromatic N) is 4. The third kappa shape index (κ3) is 8.58. The summed E-state index contributed by atoms with van der Waals surface area (Å²) in [6, 6.07) is 4.38. The van der Waals surface area contributed by atoms with Crippen LogP contribution < -0.4 is 0 Å². The predicted molar refractivity (Wildman–Crippen MR) is 77.1 cm³/mol. The Labute approximate surface area is 121 Å². The molecule has 0 heterocycles. The lowest BCUT2D eigenvalue weighted by Crippen LogP contribution is -2.26. The zero-order valence-corrected chi connectivity index (χ0v) is 13.3. The van der Waals surface area contributed by atoms with Gasteiger partial charge in [0.15, 0.2) is 11.1 Å². The van der Waals surface area contributed by atoms with Crippen LogP contribution in [0.3, 0.4) is 0 Å². The minimum atomic E-state index is -0.830. The van der Waals surface area contributed by atoms with E-state index in [9.17, 15) is 10.5 Å². The Hall–Kier alpha value is -1.50. The first kappa shape index (κ1) is 20.8. The summed E-state index contributed by atoms with van der Waals surface area (Å²) < 4.78 is 0. The van der Waals surface area contributed by atoms with Crippen molar-refractivity contribution in [2.24, 2.45) is 22.1 Å². The average molecular weight is 282 g/mol. The van der Waals surface area contributed by atoms with E-state index in [4.69, 9.17) is 10.5 Å². The summed E-state index contributed by atoms with van der Waals surface area (Å²) in [5.41, 5.74) is -1.66. The van der Waals surface area contributed by atoms with Gasteiger partial charge in [-0.15, -0.1) is 0 Å². The molecular weight excluding hydrogens is 256 g/mol. The lowest BCUT2D eigenvalue weighted by molar-refractivity contribution is -0.176. The summed E-state index contributed by atoms with van der Waals surface area (Å²) in [4.78, 5) is 0. The highest BCUT2D eigenvalue weighted by atomic mass is 17.0. The van der Waals surface area contributed by atoms with E-state index < -0.39 is 11.1 Å². The molecule has 0 aromatic rings. The summed E-state index contributed by atoms with van der Waals surface area (Å²) >= 11 is 0. The van der Waals surface area contributed by atoms with Crippen molar-refractivity contribution in [3.63, 3.8) is 0 Å². The lowest BCUT2D eigenvalue weighted by Gasteiger charge is -2.22. The van der Waals surface area contributed by atoms with Gasteiger partial charge in [0.05, 0.1) is 12.1 Å². The fraction of sp³-hybridized carbons (Fsp3) is 0.857. The molecule has 6 nitrogen and oxygen atoms in total. The number of rotatable bonds is 6. The van der Waals surface area contributed by atoms with E-state index in [1.54, 1.807) is 13.8 Å². The van der Waals surface area contributed by atoms with E-state index in [0.717, 1.165) is 0 Å². The van der Waals surface area contributed by atoms with Gasteiger partial charge in [-0.2, -0.15) is 20.8 Å². The van der Waals surface area contributed by atoms with Crippen LogP contribution in [-0.4, -0.2) is 21.6 Å².